The van der Waals surface area contributed by atoms with Crippen LogP contribution in [-0.4, -0.2) is 13.3 Å². The Labute approximate surface area is 98.9 Å². The van der Waals surface area contributed by atoms with E-state index in [1.54, 1.807) is 0 Å². The Bertz CT molecular complexity index is 349. The van der Waals surface area contributed by atoms with Gasteiger partial charge in [0.15, 0.2) is 0 Å². The largest absolute Gasteiger partial charge is 0.300 e. The van der Waals surface area contributed by atoms with Crippen molar-refractivity contribution in [2.75, 3.05) is 7.05 Å². The minimum Gasteiger partial charge on any atom is -0.300 e. The van der Waals surface area contributed by atoms with E-state index >= 15 is 0 Å². The van der Waals surface area contributed by atoms with Gasteiger partial charge in [0, 0.05) is 19.2 Å². The SMILES string of the molecule is CN=CC(C)/C=C(/C)CCc1ccccc1. The molecule has 1 unspecified atom stereocenters. The van der Waals surface area contributed by atoms with E-state index < -0.39 is 0 Å². The van der Waals surface area contributed by atoms with Crippen molar-refractivity contribution in [3.63, 3.8) is 0 Å². The lowest BCUT2D eigenvalue weighted by molar-refractivity contribution is 0.904. The summed E-state index contributed by atoms with van der Waals surface area (Å²) in [4.78, 5) is 4.04. The minimum atomic E-state index is 0.445. The molecule has 1 aromatic carbocycles. The van der Waals surface area contributed by atoms with Crippen LogP contribution in [0.25, 0.3) is 0 Å². The average Bonchev–Trinajstić information content (AvgIpc) is 2.28. The third-order valence-corrected chi connectivity index (χ3v) is 2.58. The van der Waals surface area contributed by atoms with Gasteiger partial charge in [-0.15, -0.1) is 0 Å². The van der Waals surface area contributed by atoms with E-state index in [1.807, 2.05) is 13.3 Å². The monoisotopic (exact) mass is 215 g/mol. The van der Waals surface area contributed by atoms with Crippen LogP contribution in [0.15, 0.2) is 47.0 Å². The van der Waals surface area contributed by atoms with Crippen molar-refractivity contribution < 1.29 is 0 Å². The molecule has 1 atom stereocenters. The maximum Gasteiger partial charge on any atom is 0.0273 e. The lowest BCUT2D eigenvalue weighted by Crippen LogP contribution is -1.93. The summed E-state index contributed by atoms with van der Waals surface area (Å²) in [5.41, 5.74) is 2.85. The zero-order valence-electron chi connectivity index (χ0n) is 10.5. The first-order valence-corrected chi connectivity index (χ1v) is 5.86. The van der Waals surface area contributed by atoms with Crippen LogP contribution in [0.1, 0.15) is 25.8 Å². The van der Waals surface area contributed by atoms with E-state index in [2.05, 4.69) is 55.2 Å². The van der Waals surface area contributed by atoms with Gasteiger partial charge in [0.05, 0.1) is 0 Å². The maximum absolute atomic E-state index is 4.04. The molecule has 0 aliphatic rings. The van der Waals surface area contributed by atoms with Crippen molar-refractivity contribution in [3.8, 4) is 0 Å². The molecule has 1 nitrogen and oxygen atoms in total. The Morgan fingerprint density at radius 3 is 2.62 bits per heavy atom. The van der Waals surface area contributed by atoms with Crippen LogP contribution in [0.3, 0.4) is 0 Å². The number of nitrogens with zero attached hydrogens (tertiary/aromatic N) is 1. The summed E-state index contributed by atoms with van der Waals surface area (Å²) in [7, 11) is 1.82. The Morgan fingerprint density at radius 1 is 1.31 bits per heavy atom. The summed E-state index contributed by atoms with van der Waals surface area (Å²) in [5.74, 6) is 0.445. The van der Waals surface area contributed by atoms with E-state index in [4.69, 9.17) is 0 Å². The molecule has 0 radical (unpaired) electrons. The maximum atomic E-state index is 4.04. The van der Waals surface area contributed by atoms with Crippen molar-refractivity contribution >= 4 is 6.21 Å². The molecule has 1 heteroatoms. The Kier molecular flexibility index (Phi) is 5.55. The number of allylic oxidation sites excluding steroid dienone is 2. The summed E-state index contributed by atoms with van der Waals surface area (Å²) < 4.78 is 0. The smallest absolute Gasteiger partial charge is 0.0273 e. The average molecular weight is 215 g/mol. The number of hydrogen-bond donors (Lipinski definition) is 0. The van der Waals surface area contributed by atoms with Gasteiger partial charge < -0.3 is 4.99 Å². The summed E-state index contributed by atoms with van der Waals surface area (Å²) in [6.45, 7) is 4.36. The molecule has 86 valence electrons. The van der Waals surface area contributed by atoms with Crippen LogP contribution in [0.5, 0.6) is 0 Å². The van der Waals surface area contributed by atoms with Crippen LogP contribution >= 0.6 is 0 Å². The highest BCUT2D eigenvalue weighted by atomic mass is 14.6. The van der Waals surface area contributed by atoms with Gasteiger partial charge in [-0.1, -0.05) is 48.9 Å². The number of rotatable bonds is 5. The zero-order valence-corrected chi connectivity index (χ0v) is 10.5. The molecule has 0 saturated carbocycles. The number of aryl methyl sites for hydroxylation is 1. The third-order valence-electron chi connectivity index (χ3n) is 2.58. The van der Waals surface area contributed by atoms with Crippen LogP contribution < -0.4 is 0 Å². The third kappa shape index (κ3) is 4.92. The Balaban J connectivity index is 2.43. The molecular weight excluding hydrogens is 194 g/mol. The molecule has 0 aliphatic carbocycles. The summed E-state index contributed by atoms with van der Waals surface area (Å²) in [5, 5.41) is 0. The predicted octanol–water partition coefficient (Wildman–Crippen LogP) is 3.90. The van der Waals surface area contributed by atoms with E-state index in [-0.39, 0.29) is 0 Å². The predicted molar refractivity (Wildman–Crippen MR) is 72.1 cm³/mol. The van der Waals surface area contributed by atoms with Gasteiger partial charge in [-0.2, -0.15) is 0 Å². The minimum absolute atomic E-state index is 0.445. The lowest BCUT2D eigenvalue weighted by Gasteiger charge is -2.04. The molecule has 0 bridgehead atoms. The van der Waals surface area contributed by atoms with E-state index in [9.17, 15) is 0 Å². The highest BCUT2D eigenvalue weighted by Gasteiger charge is 1.96. The molecule has 0 fully saturated rings. The number of hydrogen-bond acceptors (Lipinski definition) is 1. The molecule has 0 heterocycles. The van der Waals surface area contributed by atoms with E-state index in [1.165, 1.54) is 11.1 Å². The van der Waals surface area contributed by atoms with Gasteiger partial charge in [0.2, 0.25) is 0 Å². The molecule has 1 rings (SSSR count). The normalized spacial score (nSPS) is 14.3. The van der Waals surface area contributed by atoms with Crippen LogP contribution in [0.4, 0.5) is 0 Å². The Hall–Kier alpha value is -1.37. The van der Waals surface area contributed by atoms with Gasteiger partial charge in [0.25, 0.3) is 0 Å². The molecule has 16 heavy (non-hydrogen) atoms. The quantitative estimate of drug-likeness (QED) is 0.522. The molecule has 0 amide bonds. The van der Waals surface area contributed by atoms with Crippen LogP contribution in [0, 0.1) is 5.92 Å². The fraction of sp³-hybridized carbons (Fsp3) is 0.400. The second-order valence-corrected chi connectivity index (χ2v) is 4.27. The first-order valence-electron chi connectivity index (χ1n) is 5.86. The lowest BCUT2D eigenvalue weighted by atomic mass is 10.0. The first kappa shape index (κ1) is 12.7. The highest BCUT2D eigenvalue weighted by Crippen LogP contribution is 2.10. The fourth-order valence-corrected chi connectivity index (χ4v) is 1.80. The highest BCUT2D eigenvalue weighted by molar-refractivity contribution is 5.62. The first-order chi connectivity index (χ1) is 7.72. The molecule has 0 spiro atoms. The molecule has 1 aromatic rings. The van der Waals surface area contributed by atoms with Gasteiger partial charge in [0.1, 0.15) is 0 Å². The summed E-state index contributed by atoms with van der Waals surface area (Å²) in [6, 6.07) is 10.6. The van der Waals surface area contributed by atoms with Crippen molar-refractivity contribution in [1.29, 1.82) is 0 Å². The van der Waals surface area contributed by atoms with Gasteiger partial charge in [-0.3, -0.25) is 0 Å². The second-order valence-electron chi connectivity index (χ2n) is 4.27. The molecule has 0 saturated heterocycles. The summed E-state index contributed by atoms with van der Waals surface area (Å²) >= 11 is 0. The zero-order chi connectivity index (χ0) is 11.8. The van der Waals surface area contributed by atoms with E-state index in [0.29, 0.717) is 5.92 Å². The van der Waals surface area contributed by atoms with Gasteiger partial charge in [-0.25, -0.2) is 0 Å². The van der Waals surface area contributed by atoms with Crippen LogP contribution in [-0.2, 0) is 6.42 Å². The van der Waals surface area contributed by atoms with Crippen molar-refractivity contribution in [2.24, 2.45) is 10.9 Å². The van der Waals surface area contributed by atoms with E-state index in [0.717, 1.165) is 12.8 Å². The van der Waals surface area contributed by atoms with Crippen LogP contribution in [0.2, 0.25) is 0 Å². The van der Waals surface area contributed by atoms with Crippen molar-refractivity contribution in [1.82, 2.24) is 0 Å². The van der Waals surface area contributed by atoms with Crippen molar-refractivity contribution in [3.05, 3.63) is 47.5 Å². The number of aliphatic imine (C=N–C) groups is 1. The molecule has 0 aliphatic heterocycles. The van der Waals surface area contributed by atoms with Gasteiger partial charge >= 0.3 is 0 Å². The fourth-order valence-electron chi connectivity index (χ4n) is 1.80. The number of benzene rings is 1. The van der Waals surface area contributed by atoms with Crippen molar-refractivity contribution in [2.45, 2.75) is 26.7 Å². The Morgan fingerprint density at radius 2 is 2.00 bits per heavy atom. The molecule has 0 N–H and O–H groups in total. The van der Waals surface area contributed by atoms with Gasteiger partial charge in [-0.05, 0) is 25.3 Å². The standard InChI is InChI=1S/C15H21N/c1-13(11-14(2)12-16-3)9-10-15-7-5-4-6-8-15/h4-8,11-12,14H,9-10H2,1-3H3/b13-11-,16-12?. The summed E-state index contributed by atoms with van der Waals surface area (Å²) in [6.07, 6.45) is 6.52. The molecular formula is C15H21N. The topological polar surface area (TPSA) is 12.4 Å². The molecule has 0 aromatic heterocycles. The second kappa shape index (κ2) is 7.00.